The van der Waals surface area contributed by atoms with Gasteiger partial charge in [-0.3, -0.25) is 0 Å². The molecule has 1 aliphatic rings. The molecule has 0 saturated heterocycles. The first-order chi connectivity index (χ1) is 6.93. The van der Waals surface area contributed by atoms with Gasteiger partial charge in [0.1, 0.15) is 5.76 Å². The molecular formula is C12H22N2O. The summed E-state index contributed by atoms with van der Waals surface area (Å²) in [6.45, 7) is 12.4. The van der Waals surface area contributed by atoms with Crippen molar-refractivity contribution < 1.29 is 4.84 Å². The summed E-state index contributed by atoms with van der Waals surface area (Å²) < 4.78 is 0. The molecule has 3 N–H and O–H groups in total. The van der Waals surface area contributed by atoms with Gasteiger partial charge in [0.05, 0.1) is 6.04 Å². The van der Waals surface area contributed by atoms with Gasteiger partial charge in [0.15, 0.2) is 0 Å². The molecule has 15 heavy (non-hydrogen) atoms. The molecule has 0 amide bonds. The quantitative estimate of drug-likeness (QED) is 0.747. The Bertz CT molecular complexity index is 281. The van der Waals surface area contributed by atoms with Gasteiger partial charge in [-0.2, -0.15) is 0 Å². The van der Waals surface area contributed by atoms with E-state index in [0.29, 0.717) is 5.92 Å². The summed E-state index contributed by atoms with van der Waals surface area (Å²) in [5, 5.41) is 0. The molecular weight excluding hydrogens is 188 g/mol. The fraction of sp³-hybridized carbons (Fsp3) is 0.667. The van der Waals surface area contributed by atoms with Gasteiger partial charge in [-0.25, -0.2) is 0 Å². The fourth-order valence-corrected chi connectivity index (χ4v) is 1.78. The van der Waals surface area contributed by atoms with Gasteiger partial charge >= 0.3 is 0 Å². The molecule has 0 aromatic heterocycles. The Balaban J connectivity index is 2.65. The molecule has 0 spiro atoms. The van der Waals surface area contributed by atoms with Crippen LogP contribution in [-0.4, -0.2) is 12.1 Å². The molecule has 0 radical (unpaired) electrons. The summed E-state index contributed by atoms with van der Waals surface area (Å²) in [5.74, 6) is 1.40. The predicted octanol–water partition coefficient (Wildman–Crippen LogP) is 2.11. The van der Waals surface area contributed by atoms with Gasteiger partial charge in [-0.15, -0.1) is 5.48 Å². The van der Waals surface area contributed by atoms with E-state index in [0.717, 1.165) is 17.8 Å². The Kier molecular flexibility index (Phi) is 3.94. The summed E-state index contributed by atoms with van der Waals surface area (Å²) in [4.78, 5) is 5.27. The van der Waals surface area contributed by atoms with Crippen LogP contribution < -0.4 is 11.2 Å². The Hall–Kier alpha value is -0.800. The Morgan fingerprint density at radius 3 is 2.60 bits per heavy atom. The summed E-state index contributed by atoms with van der Waals surface area (Å²) in [5.41, 5.74) is 11.2. The lowest BCUT2D eigenvalue weighted by Crippen LogP contribution is -2.28. The van der Waals surface area contributed by atoms with E-state index >= 15 is 0 Å². The highest BCUT2D eigenvalue weighted by Crippen LogP contribution is 2.26. The molecule has 1 heterocycles. The molecule has 1 rings (SSSR count). The van der Waals surface area contributed by atoms with E-state index in [4.69, 9.17) is 10.6 Å². The van der Waals surface area contributed by atoms with Crippen molar-refractivity contribution in [1.82, 2.24) is 5.48 Å². The van der Waals surface area contributed by atoms with Gasteiger partial charge in [0.25, 0.3) is 0 Å². The first-order valence-corrected chi connectivity index (χ1v) is 5.50. The van der Waals surface area contributed by atoms with Crippen LogP contribution in [0.1, 0.15) is 34.1 Å². The molecule has 3 nitrogen and oxygen atoms in total. The molecule has 0 aromatic carbocycles. The topological polar surface area (TPSA) is 47.3 Å². The van der Waals surface area contributed by atoms with Crippen LogP contribution in [0.15, 0.2) is 23.5 Å². The molecule has 0 saturated carbocycles. The van der Waals surface area contributed by atoms with Crippen LogP contribution in [-0.2, 0) is 4.84 Å². The second-order valence-corrected chi connectivity index (χ2v) is 4.63. The lowest BCUT2D eigenvalue weighted by Gasteiger charge is -2.18. The number of hydroxylamine groups is 1. The van der Waals surface area contributed by atoms with Gasteiger partial charge < -0.3 is 10.6 Å². The Morgan fingerprint density at radius 1 is 1.60 bits per heavy atom. The number of allylic oxidation sites excluding steroid dienone is 1. The lowest BCUT2D eigenvalue weighted by molar-refractivity contribution is 0.121. The maximum Gasteiger partial charge on any atom is 0.126 e. The number of rotatable bonds is 4. The van der Waals surface area contributed by atoms with E-state index in [1.54, 1.807) is 0 Å². The van der Waals surface area contributed by atoms with Crippen molar-refractivity contribution >= 4 is 0 Å². The van der Waals surface area contributed by atoms with Crippen molar-refractivity contribution in [3.63, 3.8) is 0 Å². The minimum absolute atomic E-state index is 0.172. The molecule has 2 atom stereocenters. The van der Waals surface area contributed by atoms with Crippen LogP contribution in [0, 0.1) is 5.92 Å². The lowest BCUT2D eigenvalue weighted by atomic mass is 9.91. The number of nitrogens with two attached hydrogens (primary N) is 1. The maximum absolute atomic E-state index is 6.03. The van der Waals surface area contributed by atoms with Crippen molar-refractivity contribution in [2.45, 2.75) is 46.2 Å². The monoisotopic (exact) mass is 210 g/mol. The van der Waals surface area contributed by atoms with Crippen molar-refractivity contribution in [2.24, 2.45) is 11.7 Å². The molecule has 3 heteroatoms. The smallest absolute Gasteiger partial charge is 0.126 e. The molecule has 86 valence electrons. The van der Waals surface area contributed by atoms with E-state index < -0.39 is 0 Å². The first kappa shape index (κ1) is 12.3. The van der Waals surface area contributed by atoms with E-state index in [-0.39, 0.29) is 12.1 Å². The predicted molar refractivity (Wildman–Crippen MR) is 63.0 cm³/mol. The third kappa shape index (κ3) is 2.83. The average molecular weight is 210 g/mol. The molecule has 0 aromatic rings. The van der Waals surface area contributed by atoms with Gasteiger partial charge in [0, 0.05) is 11.6 Å². The van der Waals surface area contributed by atoms with Crippen LogP contribution in [0.5, 0.6) is 0 Å². The highest BCUT2D eigenvalue weighted by Gasteiger charge is 2.24. The van der Waals surface area contributed by atoms with E-state index in [1.807, 2.05) is 6.92 Å². The summed E-state index contributed by atoms with van der Waals surface area (Å²) in [7, 11) is 0. The molecule has 0 fully saturated rings. The van der Waals surface area contributed by atoms with Crippen LogP contribution >= 0.6 is 0 Å². The second-order valence-electron chi connectivity index (χ2n) is 4.63. The van der Waals surface area contributed by atoms with Crippen LogP contribution in [0.4, 0.5) is 0 Å². The molecule has 2 unspecified atom stereocenters. The summed E-state index contributed by atoms with van der Waals surface area (Å²) >= 11 is 0. The number of hydrogen-bond donors (Lipinski definition) is 2. The fourth-order valence-electron chi connectivity index (χ4n) is 1.78. The van der Waals surface area contributed by atoms with Crippen molar-refractivity contribution in [3.8, 4) is 0 Å². The zero-order valence-electron chi connectivity index (χ0n) is 10.1. The SMILES string of the molecule is C=C(CC(N)C(C)C)C1=C(C)ONC1C. The summed E-state index contributed by atoms with van der Waals surface area (Å²) in [6.07, 6.45) is 0.833. The zero-order chi connectivity index (χ0) is 11.6. The summed E-state index contributed by atoms with van der Waals surface area (Å²) in [6, 6.07) is 0.391. The van der Waals surface area contributed by atoms with Crippen LogP contribution in [0.2, 0.25) is 0 Å². The van der Waals surface area contributed by atoms with Gasteiger partial charge in [0.2, 0.25) is 0 Å². The second kappa shape index (κ2) is 4.81. The largest absolute Gasteiger partial charge is 0.413 e. The van der Waals surface area contributed by atoms with Gasteiger partial charge in [-0.05, 0) is 31.8 Å². The third-order valence-electron chi connectivity index (χ3n) is 2.92. The van der Waals surface area contributed by atoms with Crippen LogP contribution in [0.25, 0.3) is 0 Å². The van der Waals surface area contributed by atoms with E-state index in [1.165, 1.54) is 5.57 Å². The van der Waals surface area contributed by atoms with E-state index in [2.05, 4.69) is 32.8 Å². The zero-order valence-corrected chi connectivity index (χ0v) is 10.1. The maximum atomic E-state index is 6.03. The van der Waals surface area contributed by atoms with Crippen molar-refractivity contribution in [2.75, 3.05) is 0 Å². The standard InChI is InChI=1S/C12H22N2O/c1-7(2)11(13)6-8(3)12-9(4)14-15-10(12)5/h7,9,11,14H,3,6,13H2,1-2,4-5H3. The third-order valence-corrected chi connectivity index (χ3v) is 2.92. The Morgan fingerprint density at radius 2 is 2.20 bits per heavy atom. The highest BCUT2D eigenvalue weighted by molar-refractivity contribution is 5.36. The number of nitrogens with one attached hydrogen (secondary N) is 1. The molecule has 0 bridgehead atoms. The van der Waals surface area contributed by atoms with Gasteiger partial charge in [-0.1, -0.05) is 20.4 Å². The number of hydrogen-bond acceptors (Lipinski definition) is 3. The molecule has 0 aliphatic carbocycles. The van der Waals surface area contributed by atoms with Crippen LogP contribution in [0.3, 0.4) is 0 Å². The normalized spacial score (nSPS) is 23.2. The van der Waals surface area contributed by atoms with E-state index in [9.17, 15) is 0 Å². The average Bonchev–Trinajstić information content (AvgIpc) is 2.45. The van der Waals surface area contributed by atoms with Crippen molar-refractivity contribution in [1.29, 1.82) is 0 Å². The van der Waals surface area contributed by atoms with Crippen molar-refractivity contribution in [3.05, 3.63) is 23.5 Å². The highest BCUT2D eigenvalue weighted by atomic mass is 16.7. The first-order valence-electron chi connectivity index (χ1n) is 5.50. The molecule has 1 aliphatic heterocycles. The Labute approximate surface area is 92.3 Å². The minimum atomic E-state index is 0.172. The minimum Gasteiger partial charge on any atom is -0.413 e.